The fraction of sp³-hybridized carbons (Fsp3) is 0.192. The minimum Gasteiger partial charge on any atom is -0.508 e. The highest BCUT2D eigenvalue weighted by Gasteiger charge is 2.43. The van der Waals surface area contributed by atoms with E-state index in [2.05, 4.69) is 10.5 Å². The van der Waals surface area contributed by atoms with Crippen LogP contribution in [0.25, 0.3) is 0 Å². The monoisotopic (exact) mass is 494 g/mol. The van der Waals surface area contributed by atoms with Crippen molar-refractivity contribution in [2.24, 2.45) is 16.8 Å². The number of benzene rings is 3. The van der Waals surface area contributed by atoms with Crippen LogP contribution in [0.2, 0.25) is 0 Å². The molecule has 0 radical (unpaired) electrons. The Kier molecular flexibility index (Phi) is 7.07. The average Bonchev–Trinajstić information content (AvgIpc) is 2.84. The summed E-state index contributed by atoms with van der Waals surface area (Å²) in [5.41, 5.74) is 10.7. The number of carbonyl (C=O) groups is 1. The normalized spacial score (nSPS) is 21.1. The van der Waals surface area contributed by atoms with E-state index in [0.717, 1.165) is 0 Å². The second kappa shape index (κ2) is 10.2. The molecule has 1 heterocycles. The smallest absolute Gasteiger partial charge is 0.254 e. The summed E-state index contributed by atoms with van der Waals surface area (Å²) in [5, 5.41) is 14.1. The molecule has 6 nitrogen and oxygen atoms in total. The number of phenolic OH excluding ortho intramolecular Hbond substituents is 1. The number of nitrogens with one attached hydrogen (secondary N) is 1. The molecule has 3 unspecified atom stereocenters. The van der Waals surface area contributed by atoms with Crippen LogP contribution in [-0.4, -0.2) is 26.7 Å². The van der Waals surface area contributed by atoms with Crippen LogP contribution in [0.5, 0.6) is 5.75 Å². The lowest BCUT2D eigenvalue weighted by Crippen LogP contribution is -2.48. The minimum absolute atomic E-state index is 0.00367. The number of carbonyl (C=O) groups excluding carboxylic acids is 1. The minimum atomic E-state index is -0.535. The Morgan fingerprint density at radius 2 is 1.54 bits per heavy atom. The molecule has 1 saturated heterocycles. The second-order valence-electron chi connectivity index (χ2n) is 8.40. The molecule has 35 heavy (non-hydrogen) atoms. The van der Waals surface area contributed by atoms with E-state index in [1.54, 1.807) is 41.3 Å². The number of piperidine rings is 1. The molecule has 0 spiro atoms. The lowest BCUT2D eigenvalue weighted by molar-refractivity contribution is 0.0481. The molecule has 0 aromatic heterocycles. The molecule has 1 fully saturated rings. The van der Waals surface area contributed by atoms with Crippen molar-refractivity contribution in [3.63, 3.8) is 0 Å². The molecule has 0 aliphatic carbocycles. The zero-order valence-corrected chi connectivity index (χ0v) is 19.7. The summed E-state index contributed by atoms with van der Waals surface area (Å²) in [7, 11) is 0. The lowest BCUT2D eigenvalue weighted by Gasteiger charge is -2.46. The number of nitrogens with two attached hydrogens (primary N) is 1. The molecule has 0 bridgehead atoms. The van der Waals surface area contributed by atoms with Gasteiger partial charge in [0.25, 0.3) is 5.91 Å². The first-order valence-corrected chi connectivity index (χ1v) is 11.4. The molecule has 180 valence electrons. The van der Waals surface area contributed by atoms with E-state index in [0.29, 0.717) is 28.8 Å². The summed E-state index contributed by atoms with van der Waals surface area (Å²) in [5.74, 6) is -1.33. The fourth-order valence-electron chi connectivity index (χ4n) is 4.47. The van der Waals surface area contributed by atoms with Gasteiger partial charge in [0, 0.05) is 23.6 Å². The molecule has 0 saturated carbocycles. The summed E-state index contributed by atoms with van der Waals surface area (Å²) in [6, 6.07) is 16.8. The van der Waals surface area contributed by atoms with Gasteiger partial charge in [0.15, 0.2) is 5.11 Å². The number of hydrogen-bond acceptors (Lipinski definition) is 4. The van der Waals surface area contributed by atoms with Crippen LogP contribution in [0.3, 0.4) is 0 Å². The van der Waals surface area contributed by atoms with Gasteiger partial charge in [0.05, 0.1) is 12.1 Å². The quantitative estimate of drug-likeness (QED) is 0.357. The van der Waals surface area contributed by atoms with Crippen molar-refractivity contribution in [1.29, 1.82) is 0 Å². The zero-order valence-electron chi connectivity index (χ0n) is 18.9. The van der Waals surface area contributed by atoms with Gasteiger partial charge in [0.2, 0.25) is 0 Å². The van der Waals surface area contributed by atoms with Gasteiger partial charge < -0.3 is 15.7 Å². The van der Waals surface area contributed by atoms with Crippen LogP contribution in [-0.2, 0) is 0 Å². The molecule has 9 heteroatoms. The van der Waals surface area contributed by atoms with Gasteiger partial charge in [-0.2, -0.15) is 5.10 Å². The van der Waals surface area contributed by atoms with Crippen molar-refractivity contribution in [1.82, 2.24) is 10.3 Å². The summed E-state index contributed by atoms with van der Waals surface area (Å²) >= 11 is 4.91. The lowest BCUT2D eigenvalue weighted by atomic mass is 9.79. The molecule has 3 aromatic rings. The first-order chi connectivity index (χ1) is 16.7. The average molecular weight is 495 g/mol. The summed E-state index contributed by atoms with van der Waals surface area (Å²) in [4.78, 5) is 15.7. The maximum Gasteiger partial charge on any atom is 0.254 e. The van der Waals surface area contributed by atoms with E-state index < -0.39 is 23.7 Å². The van der Waals surface area contributed by atoms with Crippen LogP contribution < -0.4 is 11.2 Å². The van der Waals surface area contributed by atoms with Crippen molar-refractivity contribution in [3.05, 3.63) is 101 Å². The molecular weight excluding hydrogens is 470 g/mol. The fourth-order valence-corrected chi connectivity index (χ4v) is 4.51. The van der Waals surface area contributed by atoms with Crippen LogP contribution in [0, 0.1) is 17.6 Å². The SMILES string of the molecule is CC1/C(=N\NC(N)=S)CC(c2ccc(F)cc2)N(C(=O)c2ccc(O)cc2)C1c1ccc(F)cc1. The van der Waals surface area contributed by atoms with Gasteiger partial charge >= 0.3 is 0 Å². The predicted octanol–water partition coefficient (Wildman–Crippen LogP) is 4.82. The van der Waals surface area contributed by atoms with E-state index in [1.807, 2.05) is 6.92 Å². The van der Waals surface area contributed by atoms with E-state index in [1.165, 1.54) is 36.4 Å². The summed E-state index contributed by atoms with van der Waals surface area (Å²) in [6.45, 7) is 1.92. The molecule has 4 N–H and O–H groups in total. The second-order valence-corrected chi connectivity index (χ2v) is 8.83. The third-order valence-electron chi connectivity index (χ3n) is 6.16. The number of phenols is 1. The van der Waals surface area contributed by atoms with E-state index in [4.69, 9.17) is 18.0 Å². The Balaban J connectivity index is 1.88. The van der Waals surface area contributed by atoms with E-state index in [9.17, 15) is 18.7 Å². The van der Waals surface area contributed by atoms with E-state index in [-0.39, 0.29) is 22.7 Å². The number of hydrogen-bond donors (Lipinski definition) is 3. The van der Waals surface area contributed by atoms with Gasteiger partial charge in [-0.3, -0.25) is 10.2 Å². The molecular formula is C26H24F2N4O2S. The third kappa shape index (κ3) is 5.30. The first-order valence-electron chi connectivity index (χ1n) is 11.0. The Morgan fingerprint density at radius 3 is 2.09 bits per heavy atom. The van der Waals surface area contributed by atoms with Crippen molar-refractivity contribution < 1.29 is 18.7 Å². The largest absolute Gasteiger partial charge is 0.508 e. The van der Waals surface area contributed by atoms with Gasteiger partial charge in [-0.1, -0.05) is 31.2 Å². The van der Waals surface area contributed by atoms with E-state index >= 15 is 0 Å². The number of amides is 1. The van der Waals surface area contributed by atoms with Crippen molar-refractivity contribution in [2.75, 3.05) is 0 Å². The van der Waals surface area contributed by atoms with Gasteiger partial charge in [0.1, 0.15) is 17.4 Å². The Hall–Kier alpha value is -3.85. The Bertz CT molecular complexity index is 1250. The molecule has 1 aliphatic rings. The number of likely N-dealkylation sites (tertiary alicyclic amines) is 1. The zero-order chi connectivity index (χ0) is 25.1. The molecule has 3 atom stereocenters. The molecule has 4 rings (SSSR count). The van der Waals surface area contributed by atoms with Crippen LogP contribution in [0.4, 0.5) is 8.78 Å². The predicted molar refractivity (Wildman–Crippen MR) is 134 cm³/mol. The van der Waals surface area contributed by atoms with Crippen LogP contribution in [0.15, 0.2) is 77.9 Å². The van der Waals surface area contributed by atoms with Crippen molar-refractivity contribution in [3.8, 4) is 5.75 Å². The number of nitrogens with zero attached hydrogens (tertiary/aromatic N) is 2. The number of hydrazone groups is 1. The topological polar surface area (TPSA) is 91.0 Å². The standard InChI is InChI=1S/C26H24F2N4O2S/c1-15-22(30-31-26(29)35)14-23(16-2-8-19(27)9-3-16)32(24(15)17-4-10-20(28)11-5-17)25(34)18-6-12-21(33)13-7-18/h2-13,15,23-24,33H,14H2,1H3,(H3,29,31,35)/b30-22-. The maximum atomic E-state index is 13.9. The Morgan fingerprint density at radius 1 is 1.00 bits per heavy atom. The summed E-state index contributed by atoms with van der Waals surface area (Å²) < 4.78 is 27.5. The van der Waals surface area contributed by atoms with Gasteiger partial charge in [-0.15, -0.1) is 0 Å². The third-order valence-corrected chi connectivity index (χ3v) is 6.25. The molecule has 3 aromatic carbocycles. The number of rotatable bonds is 4. The molecule has 1 amide bonds. The summed E-state index contributed by atoms with van der Waals surface area (Å²) in [6.07, 6.45) is 0.337. The number of thiocarbonyl (C=S) groups is 1. The highest BCUT2D eigenvalue weighted by molar-refractivity contribution is 7.80. The molecule has 1 aliphatic heterocycles. The Labute approximate surface area is 207 Å². The first kappa shape index (κ1) is 24.3. The van der Waals surface area contributed by atoms with Gasteiger partial charge in [-0.05, 0) is 71.9 Å². The van der Waals surface area contributed by atoms with Crippen LogP contribution >= 0.6 is 12.2 Å². The number of halogens is 2. The number of aromatic hydroxyl groups is 1. The van der Waals surface area contributed by atoms with Crippen LogP contribution in [0.1, 0.15) is 46.9 Å². The van der Waals surface area contributed by atoms with Crippen molar-refractivity contribution in [2.45, 2.75) is 25.4 Å². The maximum absolute atomic E-state index is 13.9. The van der Waals surface area contributed by atoms with Crippen molar-refractivity contribution >= 4 is 28.9 Å². The van der Waals surface area contributed by atoms with Gasteiger partial charge in [-0.25, -0.2) is 8.78 Å². The highest BCUT2D eigenvalue weighted by atomic mass is 32.1. The highest BCUT2D eigenvalue weighted by Crippen LogP contribution is 2.44.